The van der Waals surface area contributed by atoms with Crippen LogP contribution in [0.3, 0.4) is 0 Å². The van der Waals surface area contributed by atoms with Crippen LogP contribution in [0.5, 0.6) is 5.75 Å². The molecule has 25 heavy (non-hydrogen) atoms. The molecule has 134 valence electrons. The highest BCUT2D eigenvalue weighted by Gasteiger charge is 2.24. The quantitative estimate of drug-likeness (QED) is 0.894. The van der Waals surface area contributed by atoms with Gasteiger partial charge in [-0.15, -0.1) is 0 Å². The summed E-state index contributed by atoms with van der Waals surface area (Å²) in [6.45, 7) is 3.52. The molecule has 0 radical (unpaired) electrons. The standard InChI is InChI=1S/C18H22FN3O3/c1-24-17-3-2-15(19)8-13(17)11-21-4-6-22(7-5-21)18(23)14-9-16(10-20)25-12-14/h2-3,8-9,12H,4-7,10-11,20H2,1H3. The van der Waals surface area contributed by atoms with E-state index in [0.29, 0.717) is 49.8 Å². The van der Waals surface area contributed by atoms with Crippen LogP contribution in [-0.2, 0) is 13.1 Å². The average molecular weight is 347 g/mol. The number of amides is 1. The first-order valence-corrected chi connectivity index (χ1v) is 8.22. The smallest absolute Gasteiger partial charge is 0.257 e. The van der Waals surface area contributed by atoms with Crippen LogP contribution in [-0.4, -0.2) is 49.0 Å². The van der Waals surface area contributed by atoms with Gasteiger partial charge in [-0.3, -0.25) is 9.69 Å². The maximum Gasteiger partial charge on any atom is 0.257 e. The molecular weight excluding hydrogens is 325 g/mol. The zero-order valence-electron chi connectivity index (χ0n) is 14.2. The van der Waals surface area contributed by atoms with Crippen molar-refractivity contribution >= 4 is 5.91 Å². The van der Waals surface area contributed by atoms with Crippen molar-refractivity contribution in [3.8, 4) is 5.75 Å². The lowest BCUT2D eigenvalue weighted by molar-refractivity contribution is 0.0626. The van der Waals surface area contributed by atoms with Gasteiger partial charge in [-0.1, -0.05) is 0 Å². The van der Waals surface area contributed by atoms with E-state index in [-0.39, 0.29) is 18.3 Å². The summed E-state index contributed by atoms with van der Waals surface area (Å²) in [7, 11) is 1.58. The fourth-order valence-electron chi connectivity index (χ4n) is 3.00. The van der Waals surface area contributed by atoms with Crippen LogP contribution in [0, 0.1) is 5.82 Å². The Morgan fingerprint density at radius 3 is 2.68 bits per heavy atom. The minimum atomic E-state index is -0.278. The molecule has 6 nitrogen and oxygen atoms in total. The molecule has 3 rings (SSSR count). The maximum atomic E-state index is 13.5. The zero-order valence-corrected chi connectivity index (χ0v) is 14.2. The molecular formula is C18H22FN3O3. The van der Waals surface area contributed by atoms with Gasteiger partial charge < -0.3 is 19.8 Å². The van der Waals surface area contributed by atoms with Crippen molar-refractivity contribution in [2.24, 2.45) is 5.73 Å². The van der Waals surface area contributed by atoms with Gasteiger partial charge in [-0.05, 0) is 24.3 Å². The van der Waals surface area contributed by atoms with E-state index in [9.17, 15) is 9.18 Å². The van der Waals surface area contributed by atoms with E-state index in [1.165, 1.54) is 18.4 Å². The van der Waals surface area contributed by atoms with Crippen LogP contribution < -0.4 is 10.5 Å². The first kappa shape index (κ1) is 17.4. The fourth-order valence-corrected chi connectivity index (χ4v) is 3.00. The number of nitrogens with zero attached hydrogens (tertiary/aromatic N) is 2. The fraction of sp³-hybridized carbons (Fsp3) is 0.389. The topological polar surface area (TPSA) is 71.9 Å². The van der Waals surface area contributed by atoms with Crippen LogP contribution in [0.25, 0.3) is 0 Å². The van der Waals surface area contributed by atoms with Crippen molar-refractivity contribution in [1.29, 1.82) is 0 Å². The number of carbonyl (C=O) groups is 1. The summed E-state index contributed by atoms with van der Waals surface area (Å²) in [5.74, 6) is 0.944. The summed E-state index contributed by atoms with van der Waals surface area (Å²) in [4.78, 5) is 16.5. The predicted molar refractivity (Wildman–Crippen MR) is 90.7 cm³/mol. The molecule has 1 fully saturated rings. The van der Waals surface area contributed by atoms with Gasteiger partial charge >= 0.3 is 0 Å². The van der Waals surface area contributed by atoms with Gasteiger partial charge in [0.1, 0.15) is 23.6 Å². The van der Waals surface area contributed by atoms with E-state index in [1.807, 2.05) is 0 Å². The first-order valence-electron chi connectivity index (χ1n) is 8.22. The van der Waals surface area contributed by atoms with Gasteiger partial charge in [0, 0.05) is 38.3 Å². The number of furan rings is 1. The Morgan fingerprint density at radius 1 is 1.28 bits per heavy atom. The van der Waals surface area contributed by atoms with Crippen LogP contribution in [0.1, 0.15) is 21.7 Å². The Labute approximate surface area is 145 Å². The molecule has 0 unspecified atom stereocenters. The Hall–Kier alpha value is -2.38. The lowest BCUT2D eigenvalue weighted by Crippen LogP contribution is -2.48. The maximum absolute atomic E-state index is 13.5. The highest BCUT2D eigenvalue weighted by molar-refractivity contribution is 5.94. The van der Waals surface area contributed by atoms with Gasteiger partial charge in [-0.25, -0.2) is 4.39 Å². The Bertz CT molecular complexity index is 739. The molecule has 1 amide bonds. The van der Waals surface area contributed by atoms with Gasteiger partial charge in [0.2, 0.25) is 0 Å². The number of hydrogen-bond acceptors (Lipinski definition) is 5. The van der Waals surface area contributed by atoms with Crippen LogP contribution >= 0.6 is 0 Å². The summed E-state index contributed by atoms with van der Waals surface area (Å²) in [5, 5.41) is 0. The van der Waals surface area contributed by atoms with E-state index in [1.54, 1.807) is 24.1 Å². The minimum absolute atomic E-state index is 0.0496. The zero-order chi connectivity index (χ0) is 17.8. The molecule has 0 bridgehead atoms. The number of benzene rings is 1. The third-order valence-corrected chi connectivity index (χ3v) is 4.40. The van der Waals surface area contributed by atoms with Crippen LogP contribution in [0.4, 0.5) is 4.39 Å². The normalized spacial score (nSPS) is 15.4. The van der Waals surface area contributed by atoms with Crippen molar-refractivity contribution in [2.75, 3.05) is 33.3 Å². The molecule has 0 saturated carbocycles. The molecule has 1 saturated heterocycles. The molecule has 2 heterocycles. The molecule has 2 aromatic rings. The van der Waals surface area contributed by atoms with Crippen LogP contribution in [0.2, 0.25) is 0 Å². The summed E-state index contributed by atoms with van der Waals surface area (Å²) in [5.41, 5.74) is 6.84. The summed E-state index contributed by atoms with van der Waals surface area (Å²) in [6.07, 6.45) is 1.45. The SMILES string of the molecule is COc1ccc(F)cc1CN1CCN(C(=O)c2coc(CN)c2)CC1. The van der Waals surface area contributed by atoms with E-state index in [2.05, 4.69) is 4.90 Å². The van der Waals surface area contributed by atoms with Crippen LogP contribution in [0.15, 0.2) is 34.9 Å². The lowest BCUT2D eigenvalue weighted by atomic mass is 10.1. The summed E-state index contributed by atoms with van der Waals surface area (Å²) in [6, 6.07) is 6.21. The second kappa shape index (κ2) is 7.67. The molecule has 7 heteroatoms. The lowest BCUT2D eigenvalue weighted by Gasteiger charge is -2.34. The largest absolute Gasteiger partial charge is 0.496 e. The number of piperazine rings is 1. The molecule has 0 spiro atoms. The van der Waals surface area contributed by atoms with E-state index in [4.69, 9.17) is 14.9 Å². The second-order valence-corrected chi connectivity index (χ2v) is 6.03. The predicted octanol–water partition coefficient (Wildman–Crippen LogP) is 1.84. The van der Waals surface area contributed by atoms with Crippen molar-refractivity contribution in [3.63, 3.8) is 0 Å². The number of methoxy groups -OCH3 is 1. The first-order chi connectivity index (χ1) is 12.1. The van der Waals surface area contributed by atoms with Crippen molar-refractivity contribution in [1.82, 2.24) is 9.80 Å². The molecule has 0 aliphatic carbocycles. The minimum Gasteiger partial charge on any atom is -0.496 e. The summed E-state index contributed by atoms with van der Waals surface area (Å²) >= 11 is 0. The Morgan fingerprint density at radius 2 is 2.04 bits per heavy atom. The highest BCUT2D eigenvalue weighted by Crippen LogP contribution is 2.22. The number of rotatable bonds is 5. The number of halogens is 1. The van der Waals surface area contributed by atoms with Gasteiger partial charge in [0.15, 0.2) is 0 Å². The van der Waals surface area contributed by atoms with E-state index >= 15 is 0 Å². The third kappa shape index (κ3) is 4.00. The third-order valence-electron chi connectivity index (χ3n) is 4.40. The molecule has 1 aromatic heterocycles. The monoisotopic (exact) mass is 347 g/mol. The highest BCUT2D eigenvalue weighted by atomic mass is 19.1. The molecule has 1 aliphatic heterocycles. The Balaban J connectivity index is 1.58. The van der Waals surface area contributed by atoms with Gasteiger partial charge in [0.05, 0.1) is 19.2 Å². The van der Waals surface area contributed by atoms with Gasteiger partial charge in [-0.2, -0.15) is 0 Å². The van der Waals surface area contributed by atoms with E-state index in [0.717, 1.165) is 5.56 Å². The molecule has 1 aromatic carbocycles. The summed E-state index contributed by atoms with van der Waals surface area (Å²) < 4.78 is 24.0. The number of ether oxygens (including phenoxy) is 1. The number of hydrogen-bond donors (Lipinski definition) is 1. The second-order valence-electron chi connectivity index (χ2n) is 6.03. The van der Waals surface area contributed by atoms with E-state index < -0.39 is 0 Å². The Kier molecular flexibility index (Phi) is 5.35. The van der Waals surface area contributed by atoms with Crippen molar-refractivity contribution < 1.29 is 18.3 Å². The molecule has 0 atom stereocenters. The number of carbonyl (C=O) groups excluding carboxylic acids is 1. The molecule has 1 aliphatic rings. The van der Waals surface area contributed by atoms with Gasteiger partial charge in [0.25, 0.3) is 5.91 Å². The average Bonchev–Trinajstić information content (AvgIpc) is 3.11. The number of nitrogens with two attached hydrogens (primary N) is 1. The molecule has 2 N–H and O–H groups in total. The van der Waals surface area contributed by atoms with Crippen molar-refractivity contribution in [3.05, 3.63) is 53.2 Å². The van der Waals surface area contributed by atoms with Crippen molar-refractivity contribution in [2.45, 2.75) is 13.1 Å².